The summed E-state index contributed by atoms with van der Waals surface area (Å²) in [6.45, 7) is 0. The summed E-state index contributed by atoms with van der Waals surface area (Å²) in [6, 6.07) is 23.0. The minimum atomic E-state index is 1.22. The zero-order valence-electron chi connectivity index (χ0n) is 11.5. The monoisotopic (exact) mass is 288 g/mol. The number of benzene rings is 3. The molecule has 2 aliphatic heterocycles. The van der Waals surface area contributed by atoms with E-state index in [-0.39, 0.29) is 0 Å². The zero-order chi connectivity index (χ0) is 14.0. The van der Waals surface area contributed by atoms with Crippen molar-refractivity contribution in [1.29, 1.82) is 0 Å². The molecule has 0 aliphatic carbocycles. The third kappa shape index (κ3) is 1.45. The van der Waals surface area contributed by atoms with Gasteiger partial charge in [0.1, 0.15) is 0 Å². The van der Waals surface area contributed by atoms with E-state index in [9.17, 15) is 0 Å². The molecule has 0 amide bonds. The molecule has 2 heterocycles. The van der Waals surface area contributed by atoms with Gasteiger partial charge in [-0.3, -0.25) is 0 Å². The smallest absolute Gasteiger partial charge is 0.0893 e. The van der Waals surface area contributed by atoms with Crippen LogP contribution in [0.5, 0.6) is 0 Å². The van der Waals surface area contributed by atoms with Gasteiger partial charge >= 0.3 is 11.7 Å². The summed E-state index contributed by atoms with van der Waals surface area (Å²) < 4.78 is 4.27. The number of hydrogen-bond donors (Lipinski definition) is 0. The largest absolute Gasteiger partial charge is 0.496 e. The quantitative estimate of drug-likeness (QED) is 0.428. The molecule has 0 bridgehead atoms. The van der Waals surface area contributed by atoms with Crippen molar-refractivity contribution in [3.63, 3.8) is 0 Å². The van der Waals surface area contributed by atoms with Gasteiger partial charge in [-0.25, -0.2) is 0 Å². The molecule has 98 valence electrons. The Labute approximate surface area is 126 Å². The first-order valence-corrected chi connectivity index (χ1v) is 7.77. The molecule has 2 nitrogen and oxygen atoms in total. The Balaban J connectivity index is 1.90. The fourth-order valence-corrected chi connectivity index (χ4v) is 4.22. The highest BCUT2D eigenvalue weighted by atomic mass is 32.2. The fourth-order valence-electron chi connectivity index (χ4n) is 3.10. The maximum absolute atomic E-state index is 3.44. The SMILES string of the molecule is C[N+]1=C=[N+]2c3cc4ccccc4cc3Sc3cccc1c32. The highest BCUT2D eigenvalue weighted by Gasteiger charge is 2.41. The molecule has 5 rings (SSSR count). The van der Waals surface area contributed by atoms with Crippen molar-refractivity contribution in [3.05, 3.63) is 54.6 Å². The first-order valence-electron chi connectivity index (χ1n) is 6.95. The van der Waals surface area contributed by atoms with Gasteiger partial charge in [0, 0.05) is 12.1 Å². The lowest BCUT2D eigenvalue weighted by Gasteiger charge is -2.12. The van der Waals surface area contributed by atoms with Gasteiger partial charge < -0.3 is 0 Å². The van der Waals surface area contributed by atoms with Crippen LogP contribution in [-0.4, -0.2) is 17.6 Å². The van der Waals surface area contributed by atoms with Crippen molar-refractivity contribution < 1.29 is 4.58 Å². The molecule has 0 atom stereocenters. The first-order chi connectivity index (χ1) is 10.3. The Morgan fingerprint density at radius 2 is 1.67 bits per heavy atom. The van der Waals surface area contributed by atoms with E-state index in [1.807, 2.05) is 11.8 Å². The zero-order valence-corrected chi connectivity index (χ0v) is 12.3. The molecule has 2 aliphatic rings. The van der Waals surface area contributed by atoms with Gasteiger partial charge in [-0.05, 0) is 27.5 Å². The van der Waals surface area contributed by atoms with E-state index >= 15 is 0 Å². The van der Waals surface area contributed by atoms with E-state index in [4.69, 9.17) is 0 Å². The maximum atomic E-state index is 3.44. The highest BCUT2D eigenvalue weighted by molar-refractivity contribution is 7.99. The summed E-state index contributed by atoms with van der Waals surface area (Å²) in [5.41, 5.74) is 3.70. The van der Waals surface area contributed by atoms with Crippen LogP contribution in [0, 0.1) is 0 Å². The Hall–Kier alpha value is -2.35. The second kappa shape index (κ2) is 3.85. The van der Waals surface area contributed by atoms with Crippen LogP contribution < -0.4 is 4.58 Å². The van der Waals surface area contributed by atoms with Gasteiger partial charge in [-0.15, -0.1) is 0 Å². The second-order valence-electron chi connectivity index (χ2n) is 5.39. The first kappa shape index (κ1) is 11.3. The number of fused-ring (bicyclic) bond motifs is 3. The number of rotatable bonds is 0. The van der Waals surface area contributed by atoms with Crippen LogP contribution in [0.1, 0.15) is 0 Å². The average Bonchev–Trinajstić information content (AvgIpc) is 2.85. The molecule has 0 N–H and O–H groups in total. The Morgan fingerprint density at radius 3 is 2.52 bits per heavy atom. The highest BCUT2D eigenvalue weighted by Crippen LogP contribution is 2.51. The van der Waals surface area contributed by atoms with E-state index in [1.54, 1.807) is 0 Å². The van der Waals surface area contributed by atoms with E-state index < -0.39 is 0 Å². The van der Waals surface area contributed by atoms with Crippen molar-refractivity contribution >= 4 is 45.6 Å². The lowest BCUT2D eigenvalue weighted by atomic mass is 10.1. The lowest BCUT2D eigenvalue weighted by Crippen LogP contribution is -2.05. The third-order valence-corrected chi connectivity index (χ3v) is 5.20. The van der Waals surface area contributed by atoms with Crippen LogP contribution in [-0.2, 0) is 0 Å². The van der Waals surface area contributed by atoms with E-state index in [1.165, 1.54) is 37.6 Å². The molecule has 3 aromatic rings. The fraction of sp³-hybridized carbons (Fsp3) is 0.0556. The maximum Gasteiger partial charge on any atom is 0.496 e. The number of nitrogens with zero attached hydrogens (tertiary/aromatic N) is 2. The van der Waals surface area contributed by atoms with Crippen LogP contribution in [0.3, 0.4) is 0 Å². The van der Waals surface area contributed by atoms with Crippen molar-refractivity contribution in [3.8, 4) is 0 Å². The minimum absolute atomic E-state index is 1.22. The van der Waals surface area contributed by atoms with Crippen molar-refractivity contribution in [2.75, 3.05) is 7.05 Å². The Bertz CT molecular complexity index is 1010. The van der Waals surface area contributed by atoms with Crippen molar-refractivity contribution in [2.45, 2.75) is 9.79 Å². The van der Waals surface area contributed by atoms with Gasteiger partial charge in [0.05, 0.1) is 9.79 Å². The molecule has 0 saturated heterocycles. The summed E-state index contributed by atoms with van der Waals surface area (Å²) in [5, 5.41) is 2.56. The molecular weight excluding hydrogens is 276 g/mol. The van der Waals surface area contributed by atoms with Gasteiger partial charge in [0.2, 0.25) is 5.69 Å². The van der Waals surface area contributed by atoms with Crippen LogP contribution in [0.2, 0.25) is 0 Å². The van der Waals surface area contributed by atoms with Crippen LogP contribution in [0.15, 0.2) is 64.4 Å². The standard InChI is InChI=1S/C18H12N2S/c1-19-11-20-15-9-12-5-2-3-6-13(12)10-17(15)21-16-8-4-7-14(19)18(16)20/h2-10H,1H3/q+2. The summed E-state index contributed by atoms with van der Waals surface area (Å²) in [4.78, 5) is 2.59. The molecule has 0 spiro atoms. The molecule has 3 heteroatoms. The van der Waals surface area contributed by atoms with Gasteiger partial charge in [0.15, 0.2) is 7.05 Å². The third-order valence-electron chi connectivity index (χ3n) is 4.10. The topological polar surface area (TPSA) is 6.02 Å². The van der Waals surface area contributed by atoms with Crippen molar-refractivity contribution in [2.24, 2.45) is 0 Å². The predicted molar refractivity (Wildman–Crippen MR) is 86.8 cm³/mol. The Kier molecular flexibility index (Phi) is 2.08. The molecule has 0 saturated carbocycles. The minimum Gasteiger partial charge on any atom is -0.0893 e. The van der Waals surface area contributed by atoms with E-state index in [2.05, 4.69) is 76.8 Å². The lowest BCUT2D eigenvalue weighted by molar-refractivity contribution is -0.394. The molecular formula is C18H12N2S+2. The van der Waals surface area contributed by atoms with E-state index in [0.29, 0.717) is 0 Å². The van der Waals surface area contributed by atoms with Crippen molar-refractivity contribution in [1.82, 2.24) is 4.58 Å². The number of hydrogen-bond acceptors (Lipinski definition) is 1. The van der Waals surface area contributed by atoms with Crippen LogP contribution in [0.25, 0.3) is 10.8 Å². The van der Waals surface area contributed by atoms with Crippen LogP contribution in [0.4, 0.5) is 17.1 Å². The molecule has 21 heavy (non-hydrogen) atoms. The molecule has 0 fully saturated rings. The van der Waals surface area contributed by atoms with E-state index in [0.717, 1.165) is 0 Å². The summed E-state index contributed by atoms with van der Waals surface area (Å²) in [7, 11) is 2.05. The van der Waals surface area contributed by atoms with Crippen LogP contribution >= 0.6 is 11.8 Å². The van der Waals surface area contributed by atoms with Gasteiger partial charge in [0.25, 0.3) is 5.69 Å². The summed E-state index contributed by atoms with van der Waals surface area (Å²) in [6.07, 6.45) is 0. The molecule has 0 radical (unpaired) electrons. The molecule has 3 aromatic carbocycles. The second-order valence-corrected chi connectivity index (χ2v) is 6.47. The predicted octanol–water partition coefficient (Wildman–Crippen LogP) is 4.60. The average molecular weight is 288 g/mol. The van der Waals surface area contributed by atoms with Gasteiger partial charge in [-0.1, -0.05) is 46.7 Å². The normalized spacial score (nSPS) is 14.5. The molecule has 0 aromatic heterocycles. The van der Waals surface area contributed by atoms with Gasteiger partial charge in [-0.2, -0.15) is 0 Å². The summed E-state index contributed by atoms with van der Waals surface area (Å²) in [5.74, 6) is 0. The Morgan fingerprint density at radius 1 is 0.857 bits per heavy atom. The molecule has 0 unspecified atom stereocenters. The summed E-state index contributed by atoms with van der Waals surface area (Å²) >= 11 is 1.85. The number of para-hydroxylation sites is 1.